The number of rotatable bonds is 4. The summed E-state index contributed by atoms with van der Waals surface area (Å²) in [6.45, 7) is 8.04. The first-order valence-corrected chi connectivity index (χ1v) is 9.36. The zero-order valence-corrected chi connectivity index (χ0v) is 16.9. The molecule has 144 valence electrons. The molecular formula is C22H21N7. The zero-order chi connectivity index (χ0) is 20.5. The van der Waals surface area contributed by atoms with E-state index in [1.54, 1.807) is 18.5 Å². The summed E-state index contributed by atoms with van der Waals surface area (Å²) >= 11 is 0. The molecule has 0 spiro atoms. The van der Waals surface area contributed by atoms with Crippen molar-refractivity contribution in [3.8, 4) is 17.6 Å². The minimum Gasteiger partial charge on any atom is -0.241 e. The molecule has 0 atom stereocenters. The molecule has 0 radical (unpaired) electrons. The van der Waals surface area contributed by atoms with Gasteiger partial charge in [-0.2, -0.15) is 15.5 Å². The van der Waals surface area contributed by atoms with Gasteiger partial charge in [0.05, 0.1) is 34.4 Å². The Labute approximate surface area is 169 Å². The van der Waals surface area contributed by atoms with E-state index in [0.29, 0.717) is 12.0 Å². The van der Waals surface area contributed by atoms with Crippen LogP contribution in [0.15, 0.2) is 42.7 Å². The van der Waals surface area contributed by atoms with Gasteiger partial charge in [-0.15, -0.1) is 0 Å². The Morgan fingerprint density at radius 3 is 2.34 bits per heavy atom. The lowest BCUT2D eigenvalue weighted by molar-refractivity contribution is 0.794. The SMILES string of the molecule is Cc1cc(C)n(-c2cc(Cc3c(C)nn(-c4ccc(C#N)cc4)c3C)ncn2)n1. The van der Waals surface area contributed by atoms with E-state index < -0.39 is 0 Å². The third kappa shape index (κ3) is 3.52. The van der Waals surface area contributed by atoms with Crippen LogP contribution in [0.5, 0.6) is 0 Å². The van der Waals surface area contributed by atoms with Gasteiger partial charge >= 0.3 is 0 Å². The predicted octanol–water partition coefficient (Wildman–Crippen LogP) is 3.54. The van der Waals surface area contributed by atoms with Gasteiger partial charge in [0.25, 0.3) is 0 Å². The summed E-state index contributed by atoms with van der Waals surface area (Å²) in [5.74, 6) is 0.760. The first-order chi connectivity index (χ1) is 14.0. The molecule has 7 nitrogen and oxygen atoms in total. The van der Waals surface area contributed by atoms with Crippen LogP contribution < -0.4 is 0 Å². The molecule has 0 N–H and O–H groups in total. The second-order valence-electron chi connectivity index (χ2n) is 7.10. The topological polar surface area (TPSA) is 85.2 Å². The second kappa shape index (κ2) is 7.32. The Morgan fingerprint density at radius 2 is 1.69 bits per heavy atom. The summed E-state index contributed by atoms with van der Waals surface area (Å²) < 4.78 is 3.75. The molecule has 4 rings (SSSR count). The van der Waals surface area contributed by atoms with Crippen molar-refractivity contribution in [3.05, 3.63) is 82.3 Å². The Kier molecular flexibility index (Phi) is 4.69. The predicted molar refractivity (Wildman–Crippen MR) is 109 cm³/mol. The molecule has 0 aliphatic rings. The number of aryl methyl sites for hydroxylation is 3. The fraction of sp³-hybridized carbons (Fsp3) is 0.227. The number of hydrogen-bond acceptors (Lipinski definition) is 5. The molecular weight excluding hydrogens is 362 g/mol. The van der Waals surface area contributed by atoms with Gasteiger partial charge in [-0.25, -0.2) is 19.3 Å². The lowest BCUT2D eigenvalue weighted by Crippen LogP contribution is -2.05. The number of benzene rings is 1. The first kappa shape index (κ1) is 18.6. The summed E-state index contributed by atoms with van der Waals surface area (Å²) in [6, 6.07) is 13.6. The molecule has 0 saturated carbocycles. The zero-order valence-electron chi connectivity index (χ0n) is 16.9. The van der Waals surface area contributed by atoms with Crippen LogP contribution in [0.1, 0.15) is 39.6 Å². The fourth-order valence-electron chi connectivity index (χ4n) is 3.50. The largest absolute Gasteiger partial charge is 0.241 e. The Morgan fingerprint density at radius 1 is 0.931 bits per heavy atom. The molecule has 0 bridgehead atoms. The first-order valence-electron chi connectivity index (χ1n) is 9.36. The molecule has 3 heterocycles. The van der Waals surface area contributed by atoms with Gasteiger partial charge in [0.15, 0.2) is 5.82 Å². The van der Waals surface area contributed by atoms with Crippen molar-refractivity contribution in [1.82, 2.24) is 29.5 Å². The van der Waals surface area contributed by atoms with Crippen molar-refractivity contribution in [3.63, 3.8) is 0 Å². The van der Waals surface area contributed by atoms with Crippen LogP contribution in [0.4, 0.5) is 0 Å². The maximum Gasteiger partial charge on any atom is 0.157 e. The molecule has 0 fully saturated rings. The lowest BCUT2D eigenvalue weighted by Gasteiger charge is -2.07. The molecule has 0 unspecified atom stereocenters. The van der Waals surface area contributed by atoms with Gasteiger partial charge < -0.3 is 0 Å². The van der Waals surface area contributed by atoms with Crippen molar-refractivity contribution < 1.29 is 0 Å². The molecule has 0 saturated heterocycles. The minimum atomic E-state index is 0.633. The van der Waals surface area contributed by atoms with Crippen LogP contribution in [0.25, 0.3) is 11.5 Å². The van der Waals surface area contributed by atoms with E-state index in [-0.39, 0.29) is 0 Å². The highest BCUT2D eigenvalue weighted by molar-refractivity contribution is 5.42. The molecule has 0 amide bonds. The number of aromatic nitrogens is 6. The molecule has 0 aliphatic heterocycles. The smallest absolute Gasteiger partial charge is 0.157 e. The maximum atomic E-state index is 9.00. The molecule has 7 heteroatoms. The average molecular weight is 383 g/mol. The van der Waals surface area contributed by atoms with Crippen molar-refractivity contribution in [1.29, 1.82) is 5.26 Å². The van der Waals surface area contributed by atoms with E-state index in [4.69, 9.17) is 10.4 Å². The van der Waals surface area contributed by atoms with E-state index in [0.717, 1.165) is 45.5 Å². The molecule has 3 aromatic heterocycles. The van der Waals surface area contributed by atoms with E-state index in [9.17, 15) is 0 Å². The third-order valence-corrected chi connectivity index (χ3v) is 4.98. The molecule has 4 aromatic rings. The van der Waals surface area contributed by atoms with E-state index in [2.05, 4.69) is 28.1 Å². The lowest BCUT2D eigenvalue weighted by atomic mass is 10.1. The average Bonchev–Trinajstić information content (AvgIpc) is 3.21. The minimum absolute atomic E-state index is 0.633. The van der Waals surface area contributed by atoms with Crippen molar-refractivity contribution >= 4 is 0 Å². The van der Waals surface area contributed by atoms with E-state index in [1.807, 2.05) is 54.4 Å². The highest BCUT2D eigenvalue weighted by atomic mass is 15.3. The van der Waals surface area contributed by atoms with Crippen LogP contribution in [-0.4, -0.2) is 29.5 Å². The van der Waals surface area contributed by atoms with Gasteiger partial charge in [0, 0.05) is 29.4 Å². The van der Waals surface area contributed by atoms with Crippen LogP contribution in [0.2, 0.25) is 0 Å². The third-order valence-electron chi connectivity index (χ3n) is 4.98. The van der Waals surface area contributed by atoms with Crippen LogP contribution in [0.3, 0.4) is 0 Å². The van der Waals surface area contributed by atoms with Gasteiger partial charge in [-0.3, -0.25) is 0 Å². The van der Waals surface area contributed by atoms with Gasteiger partial charge in [-0.05, 0) is 58.0 Å². The quantitative estimate of drug-likeness (QED) is 0.538. The van der Waals surface area contributed by atoms with Crippen LogP contribution >= 0.6 is 0 Å². The number of nitriles is 1. The summed E-state index contributed by atoms with van der Waals surface area (Å²) in [7, 11) is 0. The van der Waals surface area contributed by atoms with Crippen molar-refractivity contribution in [2.45, 2.75) is 34.1 Å². The Hall–Kier alpha value is -3.79. The number of nitrogens with zero attached hydrogens (tertiary/aromatic N) is 7. The van der Waals surface area contributed by atoms with E-state index >= 15 is 0 Å². The highest BCUT2D eigenvalue weighted by Crippen LogP contribution is 2.21. The summed E-state index contributed by atoms with van der Waals surface area (Å²) in [5, 5.41) is 18.2. The Bertz CT molecular complexity index is 1220. The summed E-state index contributed by atoms with van der Waals surface area (Å²) in [4.78, 5) is 8.84. The number of hydrogen-bond donors (Lipinski definition) is 0. The maximum absolute atomic E-state index is 9.00. The monoisotopic (exact) mass is 383 g/mol. The highest BCUT2D eigenvalue weighted by Gasteiger charge is 2.15. The van der Waals surface area contributed by atoms with E-state index in [1.165, 1.54) is 0 Å². The standard InChI is InChI=1S/C22H21N7/c1-14-9-15(2)28(26-14)22-11-19(24-13-25-22)10-21-16(3)27-29(17(21)4)20-7-5-18(12-23)6-8-20/h5-9,11,13H,10H2,1-4H3. The van der Waals surface area contributed by atoms with Crippen molar-refractivity contribution in [2.24, 2.45) is 0 Å². The molecule has 29 heavy (non-hydrogen) atoms. The summed E-state index contributed by atoms with van der Waals surface area (Å²) in [6.07, 6.45) is 2.24. The van der Waals surface area contributed by atoms with Gasteiger partial charge in [0.2, 0.25) is 0 Å². The molecule has 1 aromatic carbocycles. The summed E-state index contributed by atoms with van der Waals surface area (Å²) in [5.41, 5.74) is 7.61. The Balaban J connectivity index is 1.67. The fourth-order valence-corrected chi connectivity index (χ4v) is 3.50. The van der Waals surface area contributed by atoms with Crippen LogP contribution in [0, 0.1) is 39.0 Å². The van der Waals surface area contributed by atoms with Crippen molar-refractivity contribution in [2.75, 3.05) is 0 Å². The van der Waals surface area contributed by atoms with Gasteiger partial charge in [-0.1, -0.05) is 0 Å². The molecule has 0 aliphatic carbocycles. The van der Waals surface area contributed by atoms with Crippen LogP contribution in [-0.2, 0) is 6.42 Å². The normalized spacial score (nSPS) is 10.9. The second-order valence-corrected chi connectivity index (χ2v) is 7.10. The van der Waals surface area contributed by atoms with Gasteiger partial charge in [0.1, 0.15) is 6.33 Å².